The van der Waals surface area contributed by atoms with E-state index in [-0.39, 0.29) is 18.3 Å². The van der Waals surface area contributed by atoms with Gasteiger partial charge in [-0.25, -0.2) is 9.97 Å². The number of nitrogens with zero attached hydrogens (tertiary/aromatic N) is 3. The molecule has 0 amide bonds. The lowest BCUT2D eigenvalue weighted by atomic mass is 9.92. The Morgan fingerprint density at radius 3 is 2.58 bits per heavy atom. The SMILES string of the molecule is CC(C)(O)C#Cc1nccc(N2CCC(OC3CC(O)C3)CC2)n1. The third-order valence-corrected chi connectivity index (χ3v) is 4.34. The van der Waals surface area contributed by atoms with E-state index in [0.717, 1.165) is 44.6 Å². The van der Waals surface area contributed by atoms with Gasteiger partial charge in [-0.3, -0.25) is 0 Å². The second kappa shape index (κ2) is 7.06. The largest absolute Gasteiger partial charge is 0.393 e. The number of anilines is 1. The Morgan fingerprint density at radius 2 is 1.96 bits per heavy atom. The second-order valence-corrected chi connectivity index (χ2v) is 7.12. The zero-order chi connectivity index (χ0) is 17.2. The highest BCUT2D eigenvalue weighted by atomic mass is 16.5. The van der Waals surface area contributed by atoms with E-state index in [9.17, 15) is 10.2 Å². The maximum Gasteiger partial charge on any atom is 0.206 e. The fourth-order valence-corrected chi connectivity index (χ4v) is 2.94. The standard InChI is InChI=1S/C18H25N3O3/c1-18(2,23)7-3-16-19-8-4-17(20-16)21-9-5-14(6-10-21)24-15-11-13(22)12-15/h4,8,13-15,22-23H,5-6,9-12H2,1-2H3. The molecule has 1 saturated carbocycles. The highest BCUT2D eigenvalue weighted by molar-refractivity contribution is 5.40. The Morgan fingerprint density at radius 1 is 1.25 bits per heavy atom. The average Bonchev–Trinajstić information content (AvgIpc) is 2.52. The molecule has 2 fully saturated rings. The van der Waals surface area contributed by atoms with Crippen LogP contribution in [-0.2, 0) is 4.74 Å². The van der Waals surface area contributed by atoms with Crippen molar-refractivity contribution in [3.63, 3.8) is 0 Å². The van der Waals surface area contributed by atoms with Gasteiger partial charge in [0.15, 0.2) is 0 Å². The average molecular weight is 331 g/mol. The van der Waals surface area contributed by atoms with E-state index < -0.39 is 5.60 Å². The summed E-state index contributed by atoms with van der Waals surface area (Å²) in [5.41, 5.74) is -1.05. The highest BCUT2D eigenvalue weighted by Gasteiger charge is 2.31. The van der Waals surface area contributed by atoms with Crippen molar-refractivity contribution in [2.75, 3.05) is 18.0 Å². The molecule has 1 aliphatic heterocycles. The molecule has 1 saturated heterocycles. The summed E-state index contributed by atoms with van der Waals surface area (Å²) < 4.78 is 6.01. The van der Waals surface area contributed by atoms with E-state index in [1.807, 2.05) is 6.07 Å². The van der Waals surface area contributed by atoms with Gasteiger partial charge in [0.25, 0.3) is 0 Å². The smallest absolute Gasteiger partial charge is 0.206 e. The fourth-order valence-electron chi connectivity index (χ4n) is 2.94. The monoisotopic (exact) mass is 331 g/mol. The Kier molecular flexibility index (Phi) is 5.04. The first kappa shape index (κ1) is 17.2. The number of piperidine rings is 1. The normalized spacial score (nSPS) is 24.9. The van der Waals surface area contributed by atoms with Crippen LogP contribution in [0.4, 0.5) is 5.82 Å². The van der Waals surface area contributed by atoms with Gasteiger partial charge in [0.1, 0.15) is 11.4 Å². The van der Waals surface area contributed by atoms with E-state index in [1.165, 1.54) is 0 Å². The number of hydrogen-bond acceptors (Lipinski definition) is 6. The van der Waals surface area contributed by atoms with Crippen molar-refractivity contribution in [2.24, 2.45) is 0 Å². The van der Waals surface area contributed by atoms with Crippen LogP contribution in [0.15, 0.2) is 12.3 Å². The molecule has 1 aromatic rings. The summed E-state index contributed by atoms with van der Waals surface area (Å²) in [7, 11) is 0. The molecule has 0 aromatic carbocycles. The molecule has 6 nitrogen and oxygen atoms in total. The number of rotatable bonds is 3. The first-order valence-corrected chi connectivity index (χ1v) is 8.56. The summed E-state index contributed by atoms with van der Waals surface area (Å²) in [6.45, 7) is 5.04. The van der Waals surface area contributed by atoms with Gasteiger partial charge in [0.2, 0.25) is 5.82 Å². The minimum absolute atomic E-state index is 0.167. The van der Waals surface area contributed by atoms with Crippen LogP contribution in [0, 0.1) is 11.8 Å². The van der Waals surface area contributed by atoms with Crippen LogP contribution in [0.3, 0.4) is 0 Å². The molecule has 2 N–H and O–H groups in total. The van der Waals surface area contributed by atoms with Crippen LogP contribution < -0.4 is 4.90 Å². The summed E-state index contributed by atoms with van der Waals surface area (Å²) in [6.07, 6.45) is 5.51. The van der Waals surface area contributed by atoms with Crippen LogP contribution in [0.1, 0.15) is 45.4 Å². The lowest BCUT2D eigenvalue weighted by molar-refractivity contribution is -0.108. The quantitative estimate of drug-likeness (QED) is 0.808. The molecule has 2 aliphatic rings. The van der Waals surface area contributed by atoms with Crippen LogP contribution in [0.2, 0.25) is 0 Å². The van der Waals surface area contributed by atoms with Crippen LogP contribution in [0.5, 0.6) is 0 Å². The van der Waals surface area contributed by atoms with Crippen molar-refractivity contribution in [3.8, 4) is 11.8 Å². The number of aromatic nitrogens is 2. The fraction of sp³-hybridized carbons (Fsp3) is 0.667. The van der Waals surface area contributed by atoms with Crippen molar-refractivity contribution >= 4 is 5.82 Å². The number of aliphatic hydroxyl groups excluding tert-OH is 1. The van der Waals surface area contributed by atoms with Gasteiger partial charge < -0.3 is 19.8 Å². The third kappa shape index (κ3) is 4.67. The Balaban J connectivity index is 1.55. The number of ether oxygens (including phenoxy) is 1. The maximum atomic E-state index is 9.67. The zero-order valence-electron chi connectivity index (χ0n) is 14.3. The molecule has 2 heterocycles. The van der Waals surface area contributed by atoms with E-state index >= 15 is 0 Å². The van der Waals surface area contributed by atoms with Gasteiger partial charge in [0, 0.05) is 19.3 Å². The summed E-state index contributed by atoms with van der Waals surface area (Å²) in [5.74, 6) is 6.85. The molecule has 0 spiro atoms. The molecule has 1 aliphatic carbocycles. The van der Waals surface area contributed by atoms with E-state index in [4.69, 9.17) is 4.74 Å². The molecule has 0 radical (unpaired) electrons. The maximum absolute atomic E-state index is 9.67. The molecule has 24 heavy (non-hydrogen) atoms. The van der Waals surface area contributed by atoms with Crippen LogP contribution in [0.25, 0.3) is 0 Å². The molecule has 0 unspecified atom stereocenters. The Hall–Kier alpha value is -1.68. The lowest BCUT2D eigenvalue weighted by Crippen LogP contribution is -2.43. The minimum atomic E-state index is -1.05. The molecular weight excluding hydrogens is 306 g/mol. The summed E-state index contributed by atoms with van der Waals surface area (Å²) in [4.78, 5) is 10.8. The van der Waals surface area contributed by atoms with Gasteiger partial charge in [0.05, 0.1) is 18.3 Å². The van der Waals surface area contributed by atoms with Crippen molar-refractivity contribution in [2.45, 2.75) is 63.4 Å². The molecule has 6 heteroatoms. The van der Waals surface area contributed by atoms with Gasteiger partial charge in [-0.05, 0) is 51.5 Å². The predicted molar refractivity (Wildman–Crippen MR) is 90.6 cm³/mol. The molecule has 1 aromatic heterocycles. The van der Waals surface area contributed by atoms with Crippen LogP contribution >= 0.6 is 0 Å². The van der Waals surface area contributed by atoms with Crippen molar-refractivity contribution < 1.29 is 14.9 Å². The summed E-state index contributed by atoms with van der Waals surface area (Å²) >= 11 is 0. The summed E-state index contributed by atoms with van der Waals surface area (Å²) in [6, 6.07) is 1.89. The van der Waals surface area contributed by atoms with Crippen molar-refractivity contribution in [3.05, 3.63) is 18.1 Å². The van der Waals surface area contributed by atoms with Gasteiger partial charge in [-0.15, -0.1) is 0 Å². The molecule has 3 rings (SSSR count). The first-order valence-electron chi connectivity index (χ1n) is 8.56. The third-order valence-electron chi connectivity index (χ3n) is 4.34. The molecular formula is C18H25N3O3. The Bertz CT molecular complexity index is 618. The number of aliphatic hydroxyl groups is 2. The van der Waals surface area contributed by atoms with Crippen molar-refractivity contribution in [1.82, 2.24) is 9.97 Å². The van der Waals surface area contributed by atoms with E-state index in [0.29, 0.717) is 5.82 Å². The first-order chi connectivity index (χ1) is 11.4. The zero-order valence-corrected chi connectivity index (χ0v) is 14.3. The van der Waals surface area contributed by atoms with Gasteiger partial charge >= 0.3 is 0 Å². The van der Waals surface area contributed by atoms with Gasteiger partial charge in [-0.1, -0.05) is 5.92 Å². The molecule has 0 atom stereocenters. The Labute approximate surface area is 142 Å². The lowest BCUT2D eigenvalue weighted by Gasteiger charge is -2.38. The topological polar surface area (TPSA) is 78.7 Å². The van der Waals surface area contributed by atoms with Gasteiger partial charge in [-0.2, -0.15) is 0 Å². The van der Waals surface area contributed by atoms with Crippen LogP contribution in [-0.4, -0.2) is 57.2 Å². The molecule has 130 valence electrons. The highest BCUT2D eigenvalue weighted by Crippen LogP contribution is 2.28. The molecule has 0 bridgehead atoms. The minimum Gasteiger partial charge on any atom is -0.393 e. The van der Waals surface area contributed by atoms with Crippen molar-refractivity contribution in [1.29, 1.82) is 0 Å². The second-order valence-electron chi connectivity index (χ2n) is 7.12. The summed E-state index contributed by atoms with van der Waals surface area (Å²) in [5, 5.41) is 19.0. The van der Waals surface area contributed by atoms with E-state index in [1.54, 1.807) is 20.0 Å². The predicted octanol–water partition coefficient (Wildman–Crippen LogP) is 1.11. The number of hydrogen-bond donors (Lipinski definition) is 2. The van der Waals surface area contributed by atoms with E-state index in [2.05, 4.69) is 26.7 Å².